The van der Waals surface area contributed by atoms with E-state index in [0.29, 0.717) is 35.4 Å². The summed E-state index contributed by atoms with van der Waals surface area (Å²) in [6.07, 6.45) is 5.17. The van der Waals surface area contributed by atoms with Gasteiger partial charge in [0.15, 0.2) is 5.69 Å². The normalized spacial score (nSPS) is 13.5. The lowest BCUT2D eigenvalue weighted by atomic mass is 9.86. The molecule has 4 rings (SSSR count). The standard InChI is InChI=1S/C22H22F2N4O3/c1-28-18(9-17(27-28)22(29)26-21-15(23)7-4-8-16(21)24)14-11-25-20(10-19(14)30-2)31-12-13-5-3-6-13/h4,7-11,13H,3,5-6,12H2,1-2H3,(H,26,29). The van der Waals surface area contributed by atoms with Gasteiger partial charge in [-0.2, -0.15) is 5.10 Å². The van der Waals surface area contributed by atoms with E-state index in [1.54, 1.807) is 19.3 Å². The van der Waals surface area contributed by atoms with Crippen LogP contribution in [0.15, 0.2) is 36.5 Å². The Bertz CT molecular complexity index is 1090. The number of nitrogens with zero attached hydrogens (tertiary/aromatic N) is 3. The Morgan fingerprint density at radius 2 is 2.00 bits per heavy atom. The Hall–Kier alpha value is -3.49. The summed E-state index contributed by atoms with van der Waals surface area (Å²) in [7, 11) is 3.18. The summed E-state index contributed by atoms with van der Waals surface area (Å²) in [4.78, 5) is 16.9. The Morgan fingerprint density at radius 3 is 2.65 bits per heavy atom. The van der Waals surface area contributed by atoms with Crippen LogP contribution in [0.1, 0.15) is 29.8 Å². The first-order chi connectivity index (χ1) is 15.0. The van der Waals surface area contributed by atoms with Gasteiger partial charge in [-0.25, -0.2) is 13.8 Å². The first-order valence-electron chi connectivity index (χ1n) is 9.93. The zero-order valence-electron chi connectivity index (χ0n) is 17.2. The van der Waals surface area contributed by atoms with Gasteiger partial charge in [-0.1, -0.05) is 12.5 Å². The topological polar surface area (TPSA) is 78.3 Å². The van der Waals surface area contributed by atoms with Crippen LogP contribution in [0, 0.1) is 17.6 Å². The number of benzene rings is 1. The van der Waals surface area contributed by atoms with Gasteiger partial charge < -0.3 is 14.8 Å². The number of rotatable bonds is 7. The molecular weight excluding hydrogens is 406 g/mol. The summed E-state index contributed by atoms with van der Waals surface area (Å²) in [5.41, 5.74) is 0.623. The van der Waals surface area contributed by atoms with Crippen LogP contribution >= 0.6 is 0 Å². The first-order valence-corrected chi connectivity index (χ1v) is 9.93. The molecule has 2 aromatic heterocycles. The van der Waals surface area contributed by atoms with Crippen molar-refractivity contribution in [3.8, 4) is 22.9 Å². The number of nitrogens with one attached hydrogen (secondary N) is 1. The quantitative estimate of drug-likeness (QED) is 0.610. The third-order valence-electron chi connectivity index (χ3n) is 5.34. The van der Waals surface area contributed by atoms with Crippen molar-refractivity contribution in [2.45, 2.75) is 19.3 Å². The molecule has 1 aromatic carbocycles. The smallest absolute Gasteiger partial charge is 0.276 e. The maximum atomic E-state index is 13.8. The number of hydrogen-bond donors (Lipinski definition) is 1. The molecule has 1 aliphatic carbocycles. The van der Waals surface area contributed by atoms with E-state index in [2.05, 4.69) is 15.4 Å². The lowest BCUT2D eigenvalue weighted by Gasteiger charge is -2.24. The molecule has 2 heterocycles. The predicted octanol–water partition coefficient (Wildman–Crippen LogP) is 4.20. The molecule has 7 nitrogen and oxygen atoms in total. The number of carbonyl (C=O) groups is 1. The number of methoxy groups -OCH3 is 1. The largest absolute Gasteiger partial charge is 0.496 e. The highest BCUT2D eigenvalue weighted by Crippen LogP contribution is 2.33. The second-order valence-electron chi connectivity index (χ2n) is 7.42. The number of para-hydroxylation sites is 1. The zero-order chi connectivity index (χ0) is 22.0. The first kappa shape index (κ1) is 20.8. The molecule has 1 saturated carbocycles. The van der Waals surface area contributed by atoms with Crippen molar-refractivity contribution >= 4 is 11.6 Å². The van der Waals surface area contributed by atoms with E-state index in [4.69, 9.17) is 9.47 Å². The lowest BCUT2D eigenvalue weighted by molar-refractivity contribution is 0.102. The van der Waals surface area contributed by atoms with Crippen LogP contribution in [0.4, 0.5) is 14.5 Å². The molecule has 1 aliphatic rings. The second-order valence-corrected chi connectivity index (χ2v) is 7.42. The van der Waals surface area contributed by atoms with Gasteiger partial charge in [-0.15, -0.1) is 0 Å². The highest BCUT2D eigenvalue weighted by molar-refractivity contribution is 6.03. The van der Waals surface area contributed by atoms with Gasteiger partial charge in [0.1, 0.15) is 23.1 Å². The van der Waals surface area contributed by atoms with Crippen LogP contribution in [0.5, 0.6) is 11.6 Å². The van der Waals surface area contributed by atoms with Gasteiger partial charge in [-0.05, 0) is 37.0 Å². The van der Waals surface area contributed by atoms with Crippen LogP contribution in [0.2, 0.25) is 0 Å². The number of aromatic nitrogens is 3. The summed E-state index contributed by atoms with van der Waals surface area (Å²) in [5, 5.41) is 6.39. The summed E-state index contributed by atoms with van der Waals surface area (Å²) < 4.78 is 40.4. The number of halogens is 2. The van der Waals surface area contributed by atoms with Gasteiger partial charge in [0.05, 0.1) is 25.0 Å². The molecule has 1 N–H and O–H groups in total. The molecule has 0 aliphatic heterocycles. The maximum absolute atomic E-state index is 13.8. The van der Waals surface area contributed by atoms with E-state index >= 15 is 0 Å². The second kappa shape index (κ2) is 8.71. The minimum absolute atomic E-state index is 0.00693. The molecule has 0 radical (unpaired) electrons. The van der Waals surface area contributed by atoms with Crippen LogP contribution in [0.3, 0.4) is 0 Å². The molecule has 0 unspecified atom stereocenters. The Kier molecular flexibility index (Phi) is 5.83. The summed E-state index contributed by atoms with van der Waals surface area (Å²) in [6, 6.07) is 6.54. The SMILES string of the molecule is COc1cc(OCC2CCC2)ncc1-c1cc(C(=O)Nc2c(F)cccc2F)nn1C. The molecule has 0 spiro atoms. The van der Waals surface area contributed by atoms with Crippen LogP contribution in [-0.2, 0) is 7.05 Å². The monoisotopic (exact) mass is 428 g/mol. The van der Waals surface area contributed by atoms with Crippen molar-refractivity contribution in [2.75, 3.05) is 19.0 Å². The number of aryl methyl sites for hydroxylation is 1. The minimum atomic E-state index is -0.868. The highest BCUT2D eigenvalue weighted by Gasteiger charge is 2.21. The molecular formula is C22H22F2N4O3. The molecule has 162 valence electrons. The average Bonchev–Trinajstić information content (AvgIpc) is 3.11. The number of amides is 1. The van der Waals surface area contributed by atoms with E-state index in [9.17, 15) is 13.6 Å². The lowest BCUT2D eigenvalue weighted by Crippen LogP contribution is -2.19. The highest BCUT2D eigenvalue weighted by atomic mass is 19.1. The Morgan fingerprint density at radius 1 is 1.26 bits per heavy atom. The van der Waals surface area contributed by atoms with E-state index in [1.165, 1.54) is 43.2 Å². The molecule has 0 bridgehead atoms. The van der Waals surface area contributed by atoms with Crippen LogP contribution in [-0.4, -0.2) is 34.4 Å². The Balaban J connectivity index is 1.55. The van der Waals surface area contributed by atoms with Crippen LogP contribution < -0.4 is 14.8 Å². The number of carbonyl (C=O) groups excluding carboxylic acids is 1. The summed E-state index contributed by atoms with van der Waals surface area (Å²) in [5.74, 6) is -0.930. The maximum Gasteiger partial charge on any atom is 0.276 e. The molecule has 9 heteroatoms. The van der Waals surface area contributed by atoms with Gasteiger partial charge in [0.2, 0.25) is 5.88 Å². The fourth-order valence-electron chi connectivity index (χ4n) is 3.35. The molecule has 31 heavy (non-hydrogen) atoms. The molecule has 1 amide bonds. The van der Waals surface area contributed by atoms with E-state index < -0.39 is 23.2 Å². The summed E-state index contributed by atoms with van der Waals surface area (Å²) >= 11 is 0. The molecule has 0 saturated heterocycles. The zero-order valence-corrected chi connectivity index (χ0v) is 17.2. The fourth-order valence-corrected chi connectivity index (χ4v) is 3.35. The number of hydrogen-bond acceptors (Lipinski definition) is 5. The van der Waals surface area contributed by atoms with Crippen molar-refractivity contribution in [1.82, 2.24) is 14.8 Å². The van der Waals surface area contributed by atoms with Crippen molar-refractivity contribution in [3.63, 3.8) is 0 Å². The van der Waals surface area contributed by atoms with Gasteiger partial charge >= 0.3 is 0 Å². The van der Waals surface area contributed by atoms with E-state index in [1.807, 2.05) is 0 Å². The molecule has 1 fully saturated rings. The van der Waals surface area contributed by atoms with Gasteiger partial charge in [-0.3, -0.25) is 9.48 Å². The van der Waals surface area contributed by atoms with Crippen molar-refractivity contribution in [1.29, 1.82) is 0 Å². The number of anilines is 1. The Labute approximate surface area is 178 Å². The minimum Gasteiger partial charge on any atom is -0.496 e. The van der Waals surface area contributed by atoms with Gasteiger partial charge in [0, 0.05) is 19.3 Å². The molecule has 0 atom stereocenters. The van der Waals surface area contributed by atoms with Crippen LogP contribution in [0.25, 0.3) is 11.3 Å². The number of pyridine rings is 1. The third-order valence-corrected chi connectivity index (χ3v) is 5.34. The van der Waals surface area contributed by atoms with Crippen molar-refractivity contribution < 1.29 is 23.0 Å². The van der Waals surface area contributed by atoms with E-state index in [0.717, 1.165) is 12.1 Å². The number of ether oxygens (including phenoxy) is 2. The fraction of sp³-hybridized carbons (Fsp3) is 0.318. The van der Waals surface area contributed by atoms with Crippen molar-refractivity contribution in [2.24, 2.45) is 13.0 Å². The third kappa shape index (κ3) is 4.35. The summed E-state index contributed by atoms with van der Waals surface area (Å²) in [6.45, 7) is 0.623. The van der Waals surface area contributed by atoms with Gasteiger partial charge in [0.25, 0.3) is 5.91 Å². The molecule has 3 aromatic rings. The van der Waals surface area contributed by atoms with Crippen molar-refractivity contribution in [3.05, 3.63) is 53.9 Å². The predicted molar refractivity (Wildman–Crippen MR) is 110 cm³/mol. The average molecular weight is 428 g/mol. The van der Waals surface area contributed by atoms with E-state index in [-0.39, 0.29) is 5.69 Å².